The molecular weight excluding hydrogens is 372 g/mol. The second kappa shape index (κ2) is 8.09. The third-order valence-electron chi connectivity index (χ3n) is 4.12. The molecule has 0 aliphatic carbocycles. The van der Waals surface area contributed by atoms with Crippen molar-refractivity contribution in [1.82, 2.24) is 0 Å². The Morgan fingerprint density at radius 2 is 1.81 bits per heavy atom. The van der Waals surface area contributed by atoms with E-state index in [-0.39, 0.29) is 31.4 Å². The average Bonchev–Trinajstić information content (AvgIpc) is 3.04. The minimum Gasteiger partial charge on any atom is -0.484 e. The quantitative estimate of drug-likeness (QED) is 0.793. The number of carbonyl (C=O) groups is 3. The fourth-order valence-electron chi connectivity index (χ4n) is 2.72. The molecule has 2 aromatic rings. The van der Waals surface area contributed by atoms with Gasteiger partial charge in [0.25, 0.3) is 5.91 Å². The van der Waals surface area contributed by atoms with Gasteiger partial charge in [-0.15, -0.1) is 0 Å². The smallest absolute Gasteiger partial charge is 0.308 e. The highest BCUT2D eigenvalue weighted by Gasteiger charge is 2.34. The molecule has 0 spiro atoms. The summed E-state index contributed by atoms with van der Waals surface area (Å²) in [5.74, 6) is -1.74. The van der Waals surface area contributed by atoms with Gasteiger partial charge in [-0.1, -0.05) is 11.6 Å². The average molecular weight is 389 g/mol. The van der Waals surface area contributed by atoms with Crippen LogP contribution < -0.4 is 15.0 Å². The zero-order chi connectivity index (χ0) is 19.4. The van der Waals surface area contributed by atoms with Crippen molar-refractivity contribution in [2.24, 2.45) is 5.92 Å². The van der Waals surface area contributed by atoms with Crippen LogP contribution in [0.15, 0.2) is 48.5 Å². The van der Waals surface area contributed by atoms with E-state index in [0.717, 1.165) is 0 Å². The van der Waals surface area contributed by atoms with Gasteiger partial charge in [0, 0.05) is 29.4 Å². The van der Waals surface area contributed by atoms with Crippen molar-refractivity contribution in [2.45, 2.75) is 6.42 Å². The predicted molar refractivity (Wildman–Crippen MR) is 100 cm³/mol. The van der Waals surface area contributed by atoms with Crippen LogP contribution in [0.25, 0.3) is 0 Å². The number of carbonyl (C=O) groups excluding carboxylic acids is 2. The minimum absolute atomic E-state index is 0.00153. The Bertz CT molecular complexity index is 851. The summed E-state index contributed by atoms with van der Waals surface area (Å²) in [6, 6.07) is 13.3. The molecule has 1 fully saturated rings. The lowest BCUT2D eigenvalue weighted by atomic mass is 10.1. The van der Waals surface area contributed by atoms with E-state index in [2.05, 4.69) is 5.32 Å². The molecule has 3 rings (SSSR count). The van der Waals surface area contributed by atoms with Crippen molar-refractivity contribution >= 4 is 40.8 Å². The molecule has 0 radical (unpaired) electrons. The summed E-state index contributed by atoms with van der Waals surface area (Å²) in [5.41, 5.74) is 1.21. The first-order valence-corrected chi connectivity index (χ1v) is 8.61. The Morgan fingerprint density at radius 3 is 2.41 bits per heavy atom. The maximum absolute atomic E-state index is 12.0. The first-order valence-electron chi connectivity index (χ1n) is 8.24. The Morgan fingerprint density at radius 1 is 1.15 bits per heavy atom. The molecule has 1 unspecified atom stereocenters. The molecule has 7 nitrogen and oxygen atoms in total. The third kappa shape index (κ3) is 4.77. The topological polar surface area (TPSA) is 95.9 Å². The van der Waals surface area contributed by atoms with E-state index in [1.54, 1.807) is 48.5 Å². The number of carboxylic acids is 1. The molecule has 8 heteroatoms. The standard InChI is InChI=1S/C19H17ClN2O5/c20-13-1-3-14(4-2-13)21-17(23)11-27-16-7-5-15(6-8-16)22-10-12(19(25)26)9-18(22)24/h1-8,12H,9-11H2,(H,21,23)(H,25,26). The Labute approximate surface area is 160 Å². The summed E-state index contributed by atoms with van der Waals surface area (Å²) in [7, 11) is 0. The number of amides is 2. The summed E-state index contributed by atoms with van der Waals surface area (Å²) >= 11 is 5.79. The molecule has 1 aliphatic heterocycles. The lowest BCUT2D eigenvalue weighted by Gasteiger charge is -2.16. The maximum Gasteiger partial charge on any atom is 0.308 e. The number of carboxylic acid groups (broad SMARTS) is 1. The Hall–Kier alpha value is -3.06. The maximum atomic E-state index is 12.0. The number of nitrogens with one attached hydrogen (secondary N) is 1. The number of anilines is 2. The number of aliphatic carboxylic acids is 1. The van der Waals surface area contributed by atoms with E-state index < -0.39 is 11.9 Å². The molecule has 1 heterocycles. The van der Waals surface area contributed by atoms with Gasteiger partial charge in [-0.25, -0.2) is 0 Å². The second-order valence-electron chi connectivity index (χ2n) is 6.08. The first-order chi connectivity index (χ1) is 12.9. The van der Waals surface area contributed by atoms with Crippen molar-refractivity contribution in [3.8, 4) is 5.75 Å². The monoisotopic (exact) mass is 388 g/mol. The highest BCUT2D eigenvalue weighted by Crippen LogP contribution is 2.27. The minimum atomic E-state index is -0.975. The molecule has 140 valence electrons. The molecule has 0 bridgehead atoms. The number of nitrogens with zero attached hydrogens (tertiary/aromatic N) is 1. The van der Waals surface area contributed by atoms with E-state index in [1.807, 2.05) is 0 Å². The molecule has 0 saturated carbocycles. The van der Waals surface area contributed by atoms with Crippen molar-refractivity contribution < 1.29 is 24.2 Å². The zero-order valence-corrected chi connectivity index (χ0v) is 15.0. The van der Waals surface area contributed by atoms with Crippen LogP contribution in [-0.4, -0.2) is 36.0 Å². The van der Waals surface area contributed by atoms with Crippen molar-refractivity contribution in [2.75, 3.05) is 23.4 Å². The van der Waals surface area contributed by atoms with Gasteiger partial charge in [0.1, 0.15) is 5.75 Å². The lowest BCUT2D eigenvalue weighted by Crippen LogP contribution is -2.25. The van der Waals surface area contributed by atoms with E-state index in [0.29, 0.717) is 22.1 Å². The molecule has 2 amide bonds. The summed E-state index contributed by atoms with van der Waals surface area (Å²) < 4.78 is 5.43. The van der Waals surface area contributed by atoms with Gasteiger partial charge in [-0.05, 0) is 48.5 Å². The second-order valence-corrected chi connectivity index (χ2v) is 6.52. The largest absolute Gasteiger partial charge is 0.484 e. The third-order valence-corrected chi connectivity index (χ3v) is 4.37. The van der Waals surface area contributed by atoms with Crippen molar-refractivity contribution in [3.05, 3.63) is 53.6 Å². The fraction of sp³-hybridized carbons (Fsp3) is 0.211. The van der Waals surface area contributed by atoms with Crippen LogP contribution in [0.1, 0.15) is 6.42 Å². The van der Waals surface area contributed by atoms with E-state index in [4.69, 9.17) is 21.4 Å². The van der Waals surface area contributed by atoms with Crippen LogP contribution >= 0.6 is 11.6 Å². The number of ether oxygens (including phenoxy) is 1. The summed E-state index contributed by atoms with van der Waals surface area (Å²) in [6.07, 6.45) is -0.00153. The van der Waals surface area contributed by atoms with Crippen LogP contribution in [0, 0.1) is 5.92 Å². The van der Waals surface area contributed by atoms with Crippen LogP contribution in [-0.2, 0) is 14.4 Å². The molecule has 0 aromatic heterocycles. The van der Waals surface area contributed by atoms with E-state index in [1.165, 1.54) is 4.90 Å². The number of halogens is 1. The lowest BCUT2D eigenvalue weighted by molar-refractivity contribution is -0.141. The molecule has 2 N–H and O–H groups in total. The number of benzene rings is 2. The van der Waals surface area contributed by atoms with Crippen LogP contribution in [0.5, 0.6) is 5.75 Å². The van der Waals surface area contributed by atoms with E-state index >= 15 is 0 Å². The van der Waals surface area contributed by atoms with Crippen molar-refractivity contribution in [1.29, 1.82) is 0 Å². The normalized spacial score (nSPS) is 16.3. The van der Waals surface area contributed by atoms with E-state index in [9.17, 15) is 14.4 Å². The first kappa shape index (κ1) is 18.7. The molecular formula is C19H17ClN2O5. The summed E-state index contributed by atoms with van der Waals surface area (Å²) in [5, 5.41) is 12.3. The summed E-state index contributed by atoms with van der Waals surface area (Å²) in [4.78, 5) is 36.3. The van der Waals surface area contributed by atoms with Gasteiger partial charge in [-0.2, -0.15) is 0 Å². The molecule has 1 aliphatic rings. The number of rotatable bonds is 6. The van der Waals surface area contributed by atoms with Crippen molar-refractivity contribution in [3.63, 3.8) is 0 Å². The highest BCUT2D eigenvalue weighted by molar-refractivity contribution is 6.30. The molecule has 2 aromatic carbocycles. The zero-order valence-electron chi connectivity index (χ0n) is 14.2. The highest BCUT2D eigenvalue weighted by atomic mass is 35.5. The van der Waals surface area contributed by atoms with Gasteiger partial charge < -0.3 is 20.1 Å². The van der Waals surface area contributed by atoms with Crippen LogP contribution in [0.2, 0.25) is 5.02 Å². The van der Waals surface area contributed by atoms with Crippen LogP contribution in [0.3, 0.4) is 0 Å². The number of hydrogen-bond donors (Lipinski definition) is 2. The Balaban J connectivity index is 1.53. The van der Waals surface area contributed by atoms with Gasteiger partial charge >= 0.3 is 5.97 Å². The SMILES string of the molecule is O=C(COc1ccc(N2CC(C(=O)O)CC2=O)cc1)Nc1ccc(Cl)cc1. The van der Waals surface area contributed by atoms with Gasteiger partial charge in [0.15, 0.2) is 6.61 Å². The predicted octanol–water partition coefficient (Wildman–Crippen LogP) is 2.80. The van der Waals surface area contributed by atoms with Gasteiger partial charge in [-0.3, -0.25) is 14.4 Å². The fourth-order valence-corrected chi connectivity index (χ4v) is 2.85. The molecule has 1 saturated heterocycles. The Kier molecular flexibility index (Phi) is 5.61. The summed E-state index contributed by atoms with van der Waals surface area (Å²) in [6.45, 7) is -0.0242. The molecule has 27 heavy (non-hydrogen) atoms. The van der Waals surface area contributed by atoms with Gasteiger partial charge in [0.05, 0.1) is 5.92 Å². The number of hydrogen-bond acceptors (Lipinski definition) is 4. The van der Waals surface area contributed by atoms with Crippen LogP contribution in [0.4, 0.5) is 11.4 Å². The molecule has 1 atom stereocenters. The van der Waals surface area contributed by atoms with Gasteiger partial charge in [0.2, 0.25) is 5.91 Å².